The SMILES string of the molecule is CC(C)(C)PSB(O)O. The lowest BCUT2D eigenvalue weighted by molar-refractivity contribution is 0.438. The second-order valence-corrected chi connectivity index (χ2v) is 6.48. The molecule has 2 nitrogen and oxygen atoms in total. The van der Waals surface area contributed by atoms with E-state index in [1.165, 1.54) is 11.2 Å². The number of rotatable bonds is 2. The van der Waals surface area contributed by atoms with E-state index < -0.39 is 6.40 Å². The molecule has 1 atom stereocenters. The van der Waals surface area contributed by atoms with Crippen molar-refractivity contribution in [1.29, 1.82) is 0 Å². The fourth-order valence-corrected chi connectivity index (χ4v) is 2.07. The molecule has 2 N–H and O–H groups in total. The van der Waals surface area contributed by atoms with E-state index in [9.17, 15) is 0 Å². The lowest BCUT2D eigenvalue weighted by atomic mass is 10.3. The van der Waals surface area contributed by atoms with Crippen molar-refractivity contribution in [2.24, 2.45) is 0 Å². The first-order valence-electron chi connectivity index (χ1n) is 2.71. The zero-order valence-corrected chi connectivity index (χ0v) is 7.70. The van der Waals surface area contributed by atoms with Crippen LogP contribution < -0.4 is 0 Å². The van der Waals surface area contributed by atoms with Crippen LogP contribution in [0.3, 0.4) is 0 Å². The van der Waals surface area contributed by atoms with Crippen LogP contribution in [0.25, 0.3) is 0 Å². The van der Waals surface area contributed by atoms with Crippen molar-refractivity contribution in [1.82, 2.24) is 0 Å². The highest BCUT2D eigenvalue weighted by atomic mass is 32.7. The van der Waals surface area contributed by atoms with Crippen LogP contribution in [0.2, 0.25) is 0 Å². The number of hydrogen-bond acceptors (Lipinski definition) is 3. The molecule has 0 bridgehead atoms. The molecule has 0 aliphatic heterocycles. The summed E-state index contributed by atoms with van der Waals surface area (Å²) in [5.74, 6) is 0. The second-order valence-electron chi connectivity index (χ2n) is 2.80. The van der Waals surface area contributed by atoms with Gasteiger partial charge in [0.2, 0.25) is 0 Å². The minimum Gasteiger partial charge on any atom is -0.418 e. The van der Waals surface area contributed by atoms with Gasteiger partial charge >= 0.3 is 6.40 Å². The lowest BCUT2D eigenvalue weighted by Crippen LogP contribution is -2.07. The van der Waals surface area contributed by atoms with E-state index in [-0.39, 0.29) is 5.16 Å². The van der Waals surface area contributed by atoms with Crippen LogP contribution in [0.1, 0.15) is 20.8 Å². The Morgan fingerprint density at radius 3 is 1.89 bits per heavy atom. The summed E-state index contributed by atoms with van der Waals surface area (Å²) in [7, 11) is 0.539. The lowest BCUT2D eigenvalue weighted by Gasteiger charge is -2.16. The number of hydrogen-bond donors (Lipinski definition) is 2. The van der Waals surface area contributed by atoms with Gasteiger partial charge in [-0.2, -0.15) is 0 Å². The Hall–Kier alpha value is 0.765. The van der Waals surface area contributed by atoms with Crippen LogP contribution in [0.4, 0.5) is 0 Å². The molecule has 1 unspecified atom stereocenters. The van der Waals surface area contributed by atoms with Gasteiger partial charge in [-0.3, -0.25) is 0 Å². The highest BCUT2D eigenvalue weighted by Crippen LogP contribution is 2.42. The molecule has 0 fully saturated rings. The normalized spacial score (nSPS) is 13.0. The van der Waals surface area contributed by atoms with Crippen LogP contribution in [0.15, 0.2) is 0 Å². The van der Waals surface area contributed by atoms with Crippen molar-refractivity contribution < 1.29 is 10.0 Å². The molecular formula is C4H12BO2PS. The molecule has 5 heteroatoms. The quantitative estimate of drug-likeness (QED) is 0.476. The summed E-state index contributed by atoms with van der Waals surface area (Å²) >= 11 is 1.18. The maximum atomic E-state index is 8.44. The first-order valence-corrected chi connectivity index (χ1v) is 5.31. The van der Waals surface area contributed by atoms with Gasteiger partial charge in [-0.1, -0.05) is 28.6 Å². The zero-order valence-electron chi connectivity index (χ0n) is 5.88. The Morgan fingerprint density at radius 2 is 1.78 bits per heavy atom. The molecule has 0 amide bonds. The molecule has 0 radical (unpaired) electrons. The van der Waals surface area contributed by atoms with Crippen molar-refractivity contribution >= 4 is 25.4 Å². The molecule has 0 aromatic carbocycles. The molecule has 0 aliphatic carbocycles. The molecule has 9 heavy (non-hydrogen) atoms. The maximum absolute atomic E-state index is 8.44. The Bertz CT molecular complexity index is 83.1. The maximum Gasteiger partial charge on any atom is 0.530 e. The Morgan fingerprint density at radius 1 is 1.33 bits per heavy atom. The third kappa shape index (κ3) is 8.76. The largest absolute Gasteiger partial charge is 0.530 e. The summed E-state index contributed by atoms with van der Waals surface area (Å²) in [4.78, 5) is 0. The van der Waals surface area contributed by atoms with Gasteiger partial charge in [0.25, 0.3) is 0 Å². The monoisotopic (exact) mass is 166 g/mol. The molecule has 0 aromatic heterocycles. The van der Waals surface area contributed by atoms with Gasteiger partial charge in [-0.05, 0) is 5.16 Å². The Labute approximate surface area is 62.0 Å². The molecule has 0 spiro atoms. The predicted octanol–water partition coefficient (Wildman–Crippen LogP) is 1.08. The Balaban J connectivity index is 3.28. The van der Waals surface area contributed by atoms with E-state index >= 15 is 0 Å². The standard InChI is InChI=1S/C4H12BO2PS/c1-4(2,3)8-9-5(6)7/h6-8H,1-3H3. The third-order valence-electron chi connectivity index (χ3n) is 0.471. The van der Waals surface area contributed by atoms with Crippen LogP contribution in [-0.2, 0) is 0 Å². The highest BCUT2D eigenvalue weighted by molar-refractivity contribution is 8.63. The molecule has 0 aromatic rings. The van der Waals surface area contributed by atoms with E-state index in [0.717, 1.165) is 0 Å². The molecule has 0 heterocycles. The van der Waals surface area contributed by atoms with Crippen LogP contribution in [0, 0.1) is 0 Å². The van der Waals surface area contributed by atoms with Gasteiger partial charge < -0.3 is 10.0 Å². The summed E-state index contributed by atoms with van der Waals surface area (Å²) in [6.07, 6.45) is -1.21. The van der Waals surface area contributed by atoms with E-state index in [1.54, 1.807) is 0 Å². The molecule has 0 saturated carbocycles. The van der Waals surface area contributed by atoms with E-state index in [1.807, 2.05) is 0 Å². The topological polar surface area (TPSA) is 40.5 Å². The first-order chi connectivity index (χ1) is 3.92. The van der Waals surface area contributed by atoms with Crippen molar-refractivity contribution in [3.8, 4) is 0 Å². The van der Waals surface area contributed by atoms with E-state index in [4.69, 9.17) is 10.0 Å². The zero-order chi connectivity index (χ0) is 7.49. The average Bonchev–Trinajstić information content (AvgIpc) is 1.59. The van der Waals surface area contributed by atoms with Crippen molar-refractivity contribution in [3.05, 3.63) is 0 Å². The fourth-order valence-electron chi connectivity index (χ4n) is 0.229. The smallest absolute Gasteiger partial charge is 0.418 e. The minimum absolute atomic E-state index is 0.203. The molecule has 0 rings (SSSR count). The van der Waals surface area contributed by atoms with Gasteiger partial charge in [-0.15, -0.1) is 11.2 Å². The fraction of sp³-hybridized carbons (Fsp3) is 1.00. The van der Waals surface area contributed by atoms with Crippen molar-refractivity contribution in [3.63, 3.8) is 0 Å². The first kappa shape index (κ1) is 9.76. The van der Waals surface area contributed by atoms with Crippen molar-refractivity contribution in [2.45, 2.75) is 25.9 Å². The van der Waals surface area contributed by atoms with Gasteiger partial charge in [0.1, 0.15) is 0 Å². The minimum atomic E-state index is -1.21. The predicted molar refractivity (Wildman–Crippen MR) is 45.9 cm³/mol. The van der Waals surface area contributed by atoms with E-state index in [0.29, 0.717) is 7.78 Å². The Kier molecular flexibility index (Phi) is 4.14. The van der Waals surface area contributed by atoms with E-state index in [2.05, 4.69) is 20.8 Å². The van der Waals surface area contributed by atoms with Crippen molar-refractivity contribution in [2.75, 3.05) is 0 Å². The van der Waals surface area contributed by atoms with Gasteiger partial charge in [-0.25, -0.2) is 0 Å². The van der Waals surface area contributed by atoms with Gasteiger partial charge in [0.05, 0.1) is 0 Å². The molecule has 0 aliphatic rings. The summed E-state index contributed by atoms with van der Waals surface area (Å²) in [6.45, 7) is 6.21. The van der Waals surface area contributed by atoms with Crippen LogP contribution in [-0.4, -0.2) is 21.6 Å². The van der Waals surface area contributed by atoms with Crippen LogP contribution in [0.5, 0.6) is 0 Å². The molecule has 54 valence electrons. The molecular weight excluding hydrogens is 154 g/mol. The van der Waals surface area contributed by atoms with Crippen LogP contribution >= 0.6 is 19.0 Å². The summed E-state index contributed by atoms with van der Waals surface area (Å²) < 4.78 is 0. The highest BCUT2D eigenvalue weighted by Gasteiger charge is 2.15. The average molecular weight is 166 g/mol. The van der Waals surface area contributed by atoms with Gasteiger partial charge in [0, 0.05) is 0 Å². The molecule has 0 saturated heterocycles. The summed E-state index contributed by atoms with van der Waals surface area (Å²) in [6, 6.07) is 0. The second kappa shape index (κ2) is 3.82. The summed E-state index contributed by atoms with van der Waals surface area (Å²) in [5.41, 5.74) is 0. The van der Waals surface area contributed by atoms with Gasteiger partial charge in [0.15, 0.2) is 0 Å². The summed E-state index contributed by atoms with van der Waals surface area (Å²) in [5, 5.41) is 17.1. The third-order valence-corrected chi connectivity index (χ3v) is 4.23.